The van der Waals surface area contributed by atoms with E-state index >= 15 is 0 Å². The number of benzene rings is 2. The van der Waals surface area contributed by atoms with Crippen LogP contribution in [-0.2, 0) is 15.8 Å². The first-order valence-corrected chi connectivity index (χ1v) is 13.3. The minimum absolute atomic E-state index is 0.250. The van der Waals surface area contributed by atoms with E-state index in [9.17, 15) is 4.57 Å². The molecule has 3 rings (SSSR count). The van der Waals surface area contributed by atoms with Crippen LogP contribution in [0.25, 0.3) is 0 Å². The SMILES string of the molecule is C=O.CCO.CN.Cc1ccc(CCNc2ncnc(Nc3ccc(P(C)(C)=O)cc3)n2)cc1. The Labute approximate surface area is 202 Å². The lowest BCUT2D eigenvalue weighted by Gasteiger charge is -2.10. The lowest BCUT2D eigenvalue weighted by molar-refractivity contribution is -0.0980. The number of aliphatic hydroxyl groups is 1. The topological polar surface area (TPSA) is 143 Å². The molecule has 3 aromatic rings. The molecule has 186 valence electrons. The molecule has 0 aliphatic heterocycles. The molecular formula is C24H37N6O3P. The second-order valence-electron chi connectivity index (χ2n) is 7.13. The van der Waals surface area contributed by atoms with E-state index in [0.717, 1.165) is 24.0 Å². The maximum Gasteiger partial charge on any atom is 0.231 e. The second-order valence-corrected chi connectivity index (χ2v) is 10.4. The third-order valence-corrected chi connectivity index (χ3v) is 5.68. The van der Waals surface area contributed by atoms with Crippen LogP contribution in [0.2, 0.25) is 0 Å². The van der Waals surface area contributed by atoms with Crippen LogP contribution in [0.1, 0.15) is 18.1 Å². The first-order chi connectivity index (χ1) is 16.3. The highest BCUT2D eigenvalue weighted by Gasteiger charge is 2.10. The average molecular weight is 489 g/mol. The summed E-state index contributed by atoms with van der Waals surface area (Å²) in [6.45, 7) is 10.3. The second kappa shape index (κ2) is 17.4. The number of carbonyl (C=O) groups is 1. The zero-order chi connectivity index (χ0) is 26.0. The molecule has 0 atom stereocenters. The Bertz CT molecular complexity index is 979. The summed E-state index contributed by atoms with van der Waals surface area (Å²) in [7, 11) is -0.748. The van der Waals surface area contributed by atoms with E-state index in [0.29, 0.717) is 11.9 Å². The number of hydrogen-bond donors (Lipinski definition) is 4. The highest BCUT2D eigenvalue weighted by Crippen LogP contribution is 2.34. The van der Waals surface area contributed by atoms with Gasteiger partial charge in [0.2, 0.25) is 11.9 Å². The molecule has 0 unspecified atom stereocenters. The normalized spacial score (nSPS) is 9.74. The molecule has 34 heavy (non-hydrogen) atoms. The summed E-state index contributed by atoms with van der Waals surface area (Å²) in [4.78, 5) is 20.7. The Morgan fingerprint density at radius 1 is 0.971 bits per heavy atom. The Hall–Kier alpha value is -3.13. The first kappa shape index (κ1) is 30.9. The summed E-state index contributed by atoms with van der Waals surface area (Å²) in [5, 5.41) is 14.8. The van der Waals surface area contributed by atoms with Gasteiger partial charge in [-0.1, -0.05) is 29.8 Å². The minimum atomic E-state index is -2.25. The Morgan fingerprint density at radius 3 is 2.03 bits per heavy atom. The summed E-state index contributed by atoms with van der Waals surface area (Å²) >= 11 is 0. The van der Waals surface area contributed by atoms with E-state index < -0.39 is 7.14 Å². The number of aromatic nitrogens is 3. The summed E-state index contributed by atoms with van der Waals surface area (Å²) in [5.74, 6) is 0.995. The van der Waals surface area contributed by atoms with E-state index in [4.69, 9.17) is 9.90 Å². The molecule has 1 aromatic heterocycles. The van der Waals surface area contributed by atoms with Crippen molar-refractivity contribution in [1.82, 2.24) is 15.0 Å². The van der Waals surface area contributed by atoms with Gasteiger partial charge in [-0.25, -0.2) is 9.97 Å². The molecule has 0 saturated heterocycles. The summed E-state index contributed by atoms with van der Waals surface area (Å²) in [5.41, 5.74) is 7.86. The fraction of sp³-hybridized carbons (Fsp3) is 0.333. The minimum Gasteiger partial charge on any atom is -0.397 e. The molecule has 0 spiro atoms. The van der Waals surface area contributed by atoms with E-state index in [1.165, 1.54) is 24.5 Å². The molecule has 2 aromatic carbocycles. The van der Waals surface area contributed by atoms with Crippen molar-refractivity contribution in [3.8, 4) is 0 Å². The standard InChI is InChI=1S/C20H24N5OP.C2H6O.CH5N.CH2O/c1-15-4-6-16(7-5-15)12-13-21-19-22-14-23-20(25-19)24-17-8-10-18(11-9-17)27(2,3)26;1-2-3;2*1-2/h4-11,14H,12-13H2,1-3H3,(H2,21,22,23,24,25);3H,2H2,1H3;2H2,1H3;1H2. The number of aliphatic hydroxyl groups excluding tert-OH is 1. The summed E-state index contributed by atoms with van der Waals surface area (Å²) in [6.07, 6.45) is 2.37. The van der Waals surface area contributed by atoms with Crippen molar-refractivity contribution >= 4 is 36.8 Å². The number of carbonyl (C=O) groups excluding carboxylic acids is 1. The Kier molecular flexibility index (Phi) is 15.8. The maximum absolute atomic E-state index is 12.1. The van der Waals surface area contributed by atoms with Crippen molar-refractivity contribution in [3.63, 3.8) is 0 Å². The number of hydrogen-bond acceptors (Lipinski definition) is 9. The van der Waals surface area contributed by atoms with Gasteiger partial charge in [0.05, 0.1) is 0 Å². The quantitative estimate of drug-likeness (QED) is 0.369. The van der Waals surface area contributed by atoms with Gasteiger partial charge in [0, 0.05) is 24.1 Å². The first-order valence-electron chi connectivity index (χ1n) is 10.7. The lowest BCUT2D eigenvalue weighted by atomic mass is 10.1. The van der Waals surface area contributed by atoms with Gasteiger partial charge in [-0.05, 0) is 70.5 Å². The molecule has 5 N–H and O–H groups in total. The van der Waals surface area contributed by atoms with Crippen molar-refractivity contribution in [2.45, 2.75) is 20.3 Å². The molecule has 0 fully saturated rings. The summed E-state index contributed by atoms with van der Waals surface area (Å²) in [6, 6.07) is 16.0. The molecule has 0 aliphatic rings. The molecule has 0 radical (unpaired) electrons. The van der Waals surface area contributed by atoms with Crippen LogP contribution in [0.5, 0.6) is 0 Å². The molecule has 0 aliphatic carbocycles. The fourth-order valence-electron chi connectivity index (χ4n) is 2.55. The summed E-state index contributed by atoms with van der Waals surface area (Å²) < 4.78 is 12.1. The van der Waals surface area contributed by atoms with Crippen LogP contribution in [-0.4, -0.2) is 60.4 Å². The zero-order valence-electron chi connectivity index (χ0n) is 20.7. The van der Waals surface area contributed by atoms with Crippen molar-refractivity contribution in [3.05, 3.63) is 66.0 Å². The zero-order valence-corrected chi connectivity index (χ0v) is 21.5. The maximum atomic E-state index is 12.1. The highest BCUT2D eigenvalue weighted by molar-refractivity contribution is 7.70. The van der Waals surface area contributed by atoms with Crippen molar-refractivity contribution < 1.29 is 14.5 Å². The number of nitrogens with zero attached hydrogens (tertiary/aromatic N) is 3. The van der Waals surface area contributed by atoms with Gasteiger partial charge in [0.1, 0.15) is 20.3 Å². The Morgan fingerprint density at radius 2 is 1.50 bits per heavy atom. The van der Waals surface area contributed by atoms with Crippen LogP contribution >= 0.6 is 7.14 Å². The van der Waals surface area contributed by atoms with E-state index in [1.807, 2.05) is 31.1 Å². The van der Waals surface area contributed by atoms with Gasteiger partial charge < -0.3 is 30.8 Å². The molecule has 1 heterocycles. The van der Waals surface area contributed by atoms with Crippen molar-refractivity contribution in [1.29, 1.82) is 0 Å². The lowest BCUT2D eigenvalue weighted by Crippen LogP contribution is -2.10. The van der Waals surface area contributed by atoms with Crippen molar-refractivity contribution in [2.24, 2.45) is 5.73 Å². The molecule has 9 nitrogen and oxygen atoms in total. The van der Waals surface area contributed by atoms with Gasteiger partial charge in [0.25, 0.3) is 0 Å². The van der Waals surface area contributed by atoms with E-state index in [2.05, 4.69) is 62.5 Å². The van der Waals surface area contributed by atoms with Crippen molar-refractivity contribution in [2.75, 3.05) is 44.2 Å². The molecule has 0 saturated carbocycles. The average Bonchev–Trinajstić information content (AvgIpc) is 2.84. The molecular weight excluding hydrogens is 451 g/mol. The van der Waals surface area contributed by atoms with Gasteiger partial charge in [-0.2, -0.15) is 4.98 Å². The number of aryl methyl sites for hydroxylation is 1. The number of nitrogens with two attached hydrogens (primary N) is 1. The van der Waals surface area contributed by atoms with Crippen LogP contribution in [0.15, 0.2) is 54.9 Å². The van der Waals surface area contributed by atoms with Gasteiger partial charge in [0.15, 0.2) is 0 Å². The number of nitrogens with one attached hydrogen (secondary N) is 2. The van der Waals surface area contributed by atoms with E-state index in [1.54, 1.807) is 20.3 Å². The van der Waals surface area contributed by atoms with Gasteiger partial charge in [-0.3, -0.25) is 0 Å². The molecule has 10 heteroatoms. The van der Waals surface area contributed by atoms with Crippen LogP contribution in [0.4, 0.5) is 17.6 Å². The number of rotatable bonds is 7. The van der Waals surface area contributed by atoms with E-state index in [-0.39, 0.29) is 6.61 Å². The van der Waals surface area contributed by atoms with Crippen LogP contribution < -0.4 is 21.7 Å². The van der Waals surface area contributed by atoms with Gasteiger partial charge in [-0.15, -0.1) is 0 Å². The van der Waals surface area contributed by atoms with Gasteiger partial charge >= 0.3 is 0 Å². The third kappa shape index (κ3) is 12.2. The molecule has 0 amide bonds. The smallest absolute Gasteiger partial charge is 0.231 e. The largest absolute Gasteiger partial charge is 0.397 e. The number of anilines is 3. The molecule has 0 bridgehead atoms. The third-order valence-electron chi connectivity index (χ3n) is 4.13. The highest BCUT2D eigenvalue weighted by atomic mass is 31.2. The fourth-order valence-corrected chi connectivity index (χ4v) is 3.42. The Balaban J connectivity index is 0.00000141. The predicted octanol–water partition coefficient (Wildman–Crippen LogP) is 3.21. The monoisotopic (exact) mass is 488 g/mol. The van der Waals surface area contributed by atoms with Crippen LogP contribution in [0.3, 0.4) is 0 Å². The van der Waals surface area contributed by atoms with Crippen LogP contribution in [0, 0.1) is 6.92 Å². The predicted molar refractivity (Wildman–Crippen MR) is 142 cm³/mol.